The predicted octanol–water partition coefficient (Wildman–Crippen LogP) is 11.5. The Bertz CT molecular complexity index is 1360. The van der Waals surface area contributed by atoms with Crippen molar-refractivity contribution in [1.29, 1.82) is 0 Å². The Morgan fingerprint density at radius 2 is 0.750 bits per heavy atom. The first kappa shape index (κ1) is 50.3. The smallest absolute Gasteiger partial charge is 0.120 e. The van der Waals surface area contributed by atoms with Crippen LogP contribution in [0.25, 0.3) is 0 Å². The summed E-state index contributed by atoms with van der Waals surface area (Å²) in [5.41, 5.74) is 6.78. The van der Waals surface area contributed by atoms with E-state index in [2.05, 4.69) is 72.7 Å². The van der Waals surface area contributed by atoms with E-state index in [9.17, 15) is 15.3 Å². The van der Waals surface area contributed by atoms with E-state index in [1.807, 2.05) is 18.2 Å². The normalized spacial score (nSPS) is 11.4. The maximum absolute atomic E-state index is 10.9. The summed E-state index contributed by atoms with van der Waals surface area (Å²) in [5.74, 6) is 1.06. The molecule has 2 radical (unpaired) electrons. The molecule has 0 saturated heterocycles. The molecule has 0 bridgehead atoms. The van der Waals surface area contributed by atoms with E-state index in [1.165, 1.54) is 132 Å². The number of rotatable bonds is 33. The van der Waals surface area contributed by atoms with Crippen LogP contribution in [0.15, 0.2) is 54.6 Å². The molecule has 5 N–H and O–H groups in total. The van der Waals surface area contributed by atoms with Crippen LogP contribution in [0.1, 0.15) is 170 Å². The standard InChI is InChI=1S/C49H79N3O3.Ca/c1-4-7-10-13-16-19-22-41-25-28-47(53)44(35-41)38-50-31-33-52(40-46-37-43(27-30-49(46)55)24-21-18-15-12-9-6-3)34-32-51-39-45-36-42(26-29-48(45)54)23-20-17-14-11-8-5-2;/h25-30,35-37,50-51,53-55H,4-24,31-34,38-40H2,1-3H3;. The molecule has 0 aliphatic rings. The van der Waals surface area contributed by atoms with Gasteiger partial charge in [-0.25, -0.2) is 0 Å². The van der Waals surface area contributed by atoms with Gasteiger partial charge in [-0.3, -0.25) is 4.90 Å². The van der Waals surface area contributed by atoms with Crippen LogP contribution in [0, 0.1) is 0 Å². The summed E-state index contributed by atoms with van der Waals surface area (Å²) in [4.78, 5) is 2.40. The van der Waals surface area contributed by atoms with Crippen LogP contribution in [0.4, 0.5) is 0 Å². The fraction of sp³-hybridized carbons (Fsp3) is 0.633. The van der Waals surface area contributed by atoms with Crippen molar-refractivity contribution < 1.29 is 15.3 Å². The summed E-state index contributed by atoms with van der Waals surface area (Å²) >= 11 is 0. The van der Waals surface area contributed by atoms with Gasteiger partial charge in [0.2, 0.25) is 0 Å². The van der Waals surface area contributed by atoms with Crippen LogP contribution < -0.4 is 10.6 Å². The quantitative estimate of drug-likeness (QED) is 0.0312. The first-order valence-corrected chi connectivity index (χ1v) is 22.5. The summed E-state index contributed by atoms with van der Waals surface area (Å²) in [6.07, 6.45) is 26.2. The topological polar surface area (TPSA) is 88.0 Å². The molecule has 7 heteroatoms. The van der Waals surface area contributed by atoms with Crippen LogP contribution >= 0.6 is 0 Å². The average molecular weight is 798 g/mol. The second-order valence-electron chi connectivity index (χ2n) is 16.1. The van der Waals surface area contributed by atoms with Gasteiger partial charge in [-0.1, -0.05) is 153 Å². The minimum absolute atomic E-state index is 0. The zero-order valence-electron chi connectivity index (χ0n) is 36.0. The molecule has 0 aliphatic carbocycles. The summed E-state index contributed by atoms with van der Waals surface area (Å²) in [6.45, 7) is 11.8. The van der Waals surface area contributed by atoms with Gasteiger partial charge in [-0.15, -0.1) is 0 Å². The molecule has 0 fully saturated rings. The molecule has 0 amide bonds. The Hall–Kier alpha value is -1.80. The Morgan fingerprint density at radius 3 is 1.12 bits per heavy atom. The predicted molar refractivity (Wildman–Crippen MR) is 240 cm³/mol. The van der Waals surface area contributed by atoms with Gasteiger partial charge in [-0.2, -0.15) is 0 Å². The second-order valence-corrected chi connectivity index (χ2v) is 16.1. The molecule has 0 heterocycles. The van der Waals surface area contributed by atoms with Gasteiger partial charge in [0.05, 0.1) is 0 Å². The van der Waals surface area contributed by atoms with Crippen LogP contribution in [-0.4, -0.2) is 84.1 Å². The molecule has 3 rings (SSSR count). The molecule has 0 aliphatic heterocycles. The number of hydrogen-bond donors (Lipinski definition) is 5. The Balaban J connectivity index is 0.0000108. The van der Waals surface area contributed by atoms with Gasteiger partial charge in [0.1, 0.15) is 17.2 Å². The van der Waals surface area contributed by atoms with Gasteiger partial charge < -0.3 is 26.0 Å². The average Bonchev–Trinajstić information content (AvgIpc) is 3.19. The van der Waals surface area contributed by atoms with Crippen LogP contribution in [0.3, 0.4) is 0 Å². The van der Waals surface area contributed by atoms with Crippen LogP contribution in [-0.2, 0) is 38.9 Å². The van der Waals surface area contributed by atoms with Crippen molar-refractivity contribution in [3.8, 4) is 17.2 Å². The van der Waals surface area contributed by atoms with E-state index in [0.29, 0.717) is 36.9 Å². The summed E-state index contributed by atoms with van der Waals surface area (Å²) < 4.78 is 0. The number of benzene rings is 3. The number of nitrogens with one attached hydrogen (secondary N) is 2. The fourth-order valence-corrected chi connectivity index (χ4v) is 7.55. The molecule has 3 aromatic carbocycles. The second kappa shape index (κ2) is 32.1. The van der Waals surface area contributed by atoms with Gasteiger partial charge in [0, 0.05) is 100 Å². The SMILES string of the molecule is CCCCCCCCc1ccc(O)c(CNCCN(CCNCc2cc(CCCCCCCC)ccc2O)Cc2cc(CCCCCCCC)ccc2O)c1.[Ca]. The molecule has 3 aromatic rings. The van der Waals surface area contributed by atoms with Gasteiger partial charge in [0.25, 0.3) is 0 Å². The number of aryl methyl sites for hydroxylation is 3. The molecule has 6 nitrogen and oxygen atoms in total. The number of aromatic hydroxyl groups is 3. The third-order valence-corrected chi connectivity index (χ3v) is 11.1. The van der Waals surface area contributed by atoms with E-state index < -0.39 is 0 Å². The molecule has 310 valence electrons. The molecule has 0 atom stereocenters. The van der Waals surface area contributed by atoms with Crippen molar-refractivity contribution in [1.82, 2.24) is 15.5 Å². The summed E-state index contributed by atoms with van der Waals surface area (Å²) in [7, 11) is 0. The minimum atomic E-state index is 0. The van der Waals surface area contributed by atoms with Crippen molar-refractivity contribution in [3.05, 3.63) is 88.0 Å². The first-order valence-electron chi connectivity index (χ1n) is 22.5. The van der Waals surface area contributed by atoms with E-state index >= 15 is 0 Å². The summed E-state index contributed by atoms with van der Waals surface area (Å²) in [5, 5.41) is 39.4. The van der Waals surface area contributed by atoms with Crippen molar-refractivity contribution in [2.75, 3.05) is 26.2 Å². The minimum Gasteiger partial charge on any atom is -0.508 e. The van der Waals surface area contributed by atoms with E-state index in [0.717, 1.165) is 62.1 Å². The Kier molecular flexibility index (Phi) is 28.9. The van der Waals surface area contributed by atoms with E-state index in [4.69, 9.17) is 0 Å². The largest absolute Gasteiger partial charge is 0.508 e. The zero-order chi connectivity index (χ0) is 39.4. The van der Waals surface area contributed by atoms with Gasteiger partial charge in [0.15, 0.2) is 0 Å². The van der Waals surface area contributed by atoms with Crippen molar-refractivity contribution in [2.45, 2.75) is 175 Å². The number of phenols is 3. The van der Waals surface area contributed by atoms with Crippen LogP contribution in [0.5, 0.6) is 17.2 Å². The fourth-order valence-electron chi connectivity index (χ4n) is 7.55. The first-order chi connectivity index (χ1) is 26.9. The van der Waals surface area contributed by atoms with Crippen molar-refractivity contribution in [3.63, 3.8) is 0 Å². The van der Waals surface area contributed by atoms with Gasteiger partial charge in [-0.05, 0) is 73.4 Å². The third-order valence-electron chi connectivity index (χ3n) is 11.1. The third kappa shape index (κ3) is 21.8. The molecule has 0 saturated carbocycles. The molecule has 56 heavy (non-hydrogen) atoms. The molecule has 0 unspecified atom stereocenters. The van der Waals surface area contributed by atoms with E-state index in [-0.39, 0.29) is 37.7 Å². The molecular formula is C49H79CaN3O3. The van der Waals surface area contributed by atoms with Gasteiger partial charge >= 0.3 is 0 Å². The summed E-state index contributed by atoms with van der Waals surface area (Å²) in [6, 6.07) is 18.3. The maximum atomic E-state index is 10.9. The maximum Gasteiger partial charge on any atom is 0.120 e. The molecular weight excluding hydrogens is 719 g/mol. The Morgan fingerprint density at radius 1 is 0.429 bits per heavy atom. The van der Waals surface area contributed by atoms with Crippen molar-refractivity contribution in [2.24, 2.45) is 0 Å². The number of hydrogen-bond acceptors (Lipinski definition) is 6. The zero-order valence-corrected chi connectivity index (χ0v) is 38.2. The molecule has 0 spiro atoms. The van der Waals surface area contributed by atoms with E-state index in [1.54, 1.807) is 0 Å². The Labute approximate surface area is 372 Å². The number of unbranched alkanes of at least 4 members (excludes halogenated alkanes) is 15. The number of phenolic OH excluding ortho intramolecular Hbond substituents is 3. The van der Waals surface area contributed by atoms with Crippen LogP contribution in [0.2, 0.25) is 0 Å². The molecule has 0 aromatic heterocycles. The monoisotopic (exact) mass is 798 g/mol. The van der Waals surface area contributed by atoms with Crippen molar-refractivity contribution >= 4 is 37.7 Å². The number of nitrogens with zero attached hydrogens (tertiary/aromatic N) is 1.